The summed E-state index contributed by atoms with van der Waals surface area (Å²) in [4.78, 5) is 26.1. The van der Waals surface area contributed by atoms with Crippen LogP contribution in [-0.2, 0) is 27.8 Å². The molecule has 5 rings (SSSR count). The number of fused-ring (bicyclic) bond motifs is 1. The Balaban J connectivity index is 1.36. The average molecular weight is 566 g/mol. The van der Waals surface area contributed by atoms with Crippen LogP contribution in [-0.4, -0.2) is 37.1 Å². The largest absolute Gasteiger partial charge is 0.355 e. The first-order valence-corrected chi connectivity index (χ1v) is 15.2. The van der Waals surface area contributed by atoms with Gasteiger partial charge in [0, 0.05) is 23.7 Å². The quantitative estimate of drug-likeness (QED) is 0.421. The normalized spacial score (nSPS) is 19.6. The molecule has 0 bridgehead atoms. The van der Waals surface area contributed by atoms with Gasteiger partial charge in [0.15, 0.2) is 0 Å². The highest BCUT2D eigenvalue weighted by atomic mass is 35.5. The minimum absolute atomic E-state index is 0.000938. The van der Waals surface area contributed by atoms with E-state index in [1.807, 2.05) is 12.1 Å². The molecule has 3 aromatic rings. The molecule has 2 aliphatic rings. The number of sulfonamides is 1. The van der Waals surface area contributed by atoms with E-state index in [4.69, 9.17) is 11.6 Å². The van der Waals surface area contributed by atoms with Gasteiger partial charge in [0.05, 0.1) is 10.9 Å². The fourth-order valence-corrected chi connectivity index (χ4v) is 7.12. The number of aryl methyl sites for hydroxylation is 1. The lowest BCUT2D eigenvalue weighted by molar-refractivity contribution is -0.124. The summed E-state index contributed by atoms with van der Waals surface area (Å²) in [6, 6.07) is 20.2. The molecule has 1 heterocycles. The predicted octanol–water partition coefficient (Wildman–Crippen LogP) is 5.01. The summed E-state index contributed by atoms with van der Waals surface area (Å²) in [5, 5.41) is 6.43. The molecule has 1 saturated heterocycles. The summed E-state index contributed by atoms with van der Waals surface area (Å²) in [5.41, 5.74) is 3.62. The number of halogens is 1. The summed E-state index contributed by atoms with van der Waals surface area (Å²) < 4.78 is 28.8. The molecule has 1 fully saturated rings. The van der Waals surface area contributed by atoms with Crippen molar-refractivity contribution in [3.63, 3.8) is 0 Å². The number of carbonyl (C=O) groups excluding carboxylic acids is 2. The molecule has 9 heteroatoms. The molecule has 39 heavy (non-hydrogen) atoms. The van der Waals surface area contributed by atoms with Crippen molar-refractivity contribution in [3.05, 3.63) is 100 Å². The molecule has 0 saturated carbocycles. The maximum atomic E-state index is 13.7. The lowest BCUT2D eigenvalue weighted by atomic mass is 9.87. The smallest absolute Gasteiger partial charge is 0.251 e. The Morgan fingerprint density at radius 2 is 1.69 bits per heavy atom. The Hall–Kier alpha value is -3.20. The van der Waals surface area contributed by atoms with E-state index < -0.39 is 16.1 Å². The molecule has 1 unspecified atom stereocenters. The molecule has 0 radical (unpaired) electrons. The summed E-state index contributed by atoms with van der Waals surface area (Å²) >= 11 is 5.99. The first kappa shape index (κ1) is 27.4. The fourth-order valence-electron chi connectivity index (χ4n) is 5.39. The van der Waals surface area contributed by atoms with Gasteiger partial charge in [0.1, 0.15) is 6.04 Å². The van der Waals surface area contributed by atoms with E-state index in [-0.39, 0.29) is 29.3 Å². The monoisotopic (exact) mass is 565 g/mol. The summed E-state index contributed by atoms with van der Waals surface area (Å²) in [6.45, 7) is 0.528. The van der Waals surface area contributed by atoms with Gasteiger partial charge >= 0.3 is 0 Å². The molecule has 3 aromatic carbocycles. The lowest BCUT2D eigenvalue weighted by Gasteiger charge is -2.29. The van der Waals surface area contributed by atoms with Crippen LogP contribution in [0.25, 0.3) is 0 Å². The van der Waals surface area contributed by atoms with Crippen molar-refractivity contribution in [2.75, 3.05) is 6.54 Å². The molecule has 7 nitrogen and oxygen atoms in total. The molecule has 1 aliphatic heterocycles. The van der Waals surface area contributed by atoms with E-state index >= 15 is 0 Å². The van der Waals surface area contributed by atoms with Gasteiger partial charge in [0.25, 0.3) is 5.91 Å². The van der Waals surface area contributed by atoms with Crippen LogP contribution in [0.15, 0.2) is 77.7 Å². The Labute approximate surface area is 234 Å². The van der Waals surface area contributed by atoms with Crippen LogP contribution in [0.2, 0.25) is 5.02 Å². The highest BCUT2D eigenvalue weighted by Crippen LogP contribution is 2.30. The van der Waals surface area contributed by atoms with Crippen molar-refractivity contribution in [3.8, 4) is 0 Å². The van der Waals surface area contributed by atoms with Gasteiger partial charge < -0.3 is 10.6 Å². The number of benzene rings is 3. The van der Waals surface area contributed by atoms with Crippen LogP contribution < -0.4 is 10.6 Å². The SMILES string of the molecule is O=C(NC1CCCc2ccccc21)c1ccc(CN([C@@H]2CCCCNC2=O)S(=O)(=O)c2ccc(Cl)cc2)cc1. The Morgan fingerprint density at radius 3 is 2.46 bits per heavy atom. The topological polar surface area (TPSA) is 95.6 Å². The van der Waals surface area contributed by atoms with Gasteiger partial charge in [0.2, 0.25) is 15.9 Å². The van der Waals surface area contributed by atoms with Crippen molar-refractivity contribution >= 4 is 33.4 Å². The molecular formula is C30H32ClN3O4S. The van der Waals surface area contributed by atoms with Gasteiger partial charge in [-0.25, -0.2) is 8.42 Å². The van der Waals surface area contributed by atoms with Gasteiger partial charge in [-0.05, 0) is 91.6 Å². The highest BCUT2D eigenvalue weighted by molar-refractivity contribution is 7.89. The standard InChI is InChI=1S/C30H32ClN3O4S/c31-24-15-17-25(18-16-24)39(37,38)34(28-10-3-4-19-32-30(28)36)20-21-11-13-23(14-12-21)29(35)33-27-9-5-7-22-6-1-2-8-26(22)27/h1-2,6,8,11-18,27-28H,3-5,7,9-10,19-20H2,(H,32,36)(H,33,35)/t27?,28-/m1/s1. The predicted molar refractivity (Wildman–Crippen MR) is 151 cm³/mol. The first-order chi connectivity index (χ1) is 18.8. The van der Waals surface area contributed by atoms with Crippen LogP contribution in [0.1, 0.15) is 65.2 Å². The zero-order valence-corrected chi connectivity index (χ0v) is 23.2. The number of hydrogen-bond donors (Lipinski definition) is 2. The van der Waals surface area contributed by atoms with Crippen LogP contribution in [0.3, 0.4) is 0 Å². The van der Waals surface area contributed by atoms with Crippen molar-refractivity contribution in [1.29, 1.82) is 0 Å². The highest BCUT2D eigenvalue weighted by Gasteiger charge is 2.36. The maximum Gasteiger partial charge on any atom is 0.251 e. The van der Waals surface area contributed by atoms with E-state index in [0.29, 0.717) is 29.1 Å². The van der Waals surface area contributed by atoms with E-state index in [1.54, 1.807) is 24.3 Å². The number of nitrogens with zero attached hydrogens (tertiary/aromatic N) is 1. The lowest BCUT2D eigenvalue weighted by Crippen LogP contribution is -2.48. The number of rotatable bonds is 7. The average Bonchev–Trinajstić information content (AvgIpc) is 3.16. The van der Waals surface area contributed by atoms with Crippen molar-refractivity contribution in [1.82, 2.24) is 14.9 Å². The zero-order chi connectivity index (χ0) is 27.4. The Kier molecular flexibility index (Phi) is 8.35. The van der Waals surface area contributed by atoms with E-state index in [2.05, 4.69) is 22.8 Å². The third kappa shape index (κ3) is 6.19. The zero-order valence-electron chi connectivity index (χ0n) is 21.6. The Bertz CT molecular complexity index is 1440. The molecule has 1 aliphatic carbocycles. The molecule has 0 aromatic heterocycles. The second-order valence-corrected chi connectivity index (χ2v) is 12.4. The minimum atomic E-state index is -4.00. The Morgan fingerprint density at radius 1 is 0.949 bits per heavy atom. The van der Waals surface area contributed by atoms with E-state index in [1.165, 1.54) is 39.7 Å². The second kappa shape index (κ2) is 11.9. The van der Waals surface area contributed by atoms with E-state index in [9.17, 15) is 18.0 Å². The van der Waals surface area contributed by atoms with Crippen molar-refractivity contribution < 1.29 is 18.0 Å². The fraction of sp³-hybridized carbons (Fsp3) is 0.333. The third-order valence-corrected chi connectivity index (χ3v) is 9.62. The van der Waals surface area contributed by atoms with Crippen molar-refractivity contribution in [2.24, 2.45) is 0 Å². The van der Waals surface area contributed by atoms with Crippen LogP contribution >= 0.6 is 11.6 Å². The minimum Gasteiger partial charge on any atom is -0.355 e. The van der Waals surface area contributed by atoms with E-state index in [0.717, 1.165) is 32.1 Å². The van der Waals surface area contributed by atoms with Gasteiger partial charge in [-0.3, -0.25) is 9.59 Å². The molecule has 2 amide bonds. The number of carbonyl (C=O) groups is 2. The van der Waals surface area contributed by atoms with Gasteiger partial charge in [-0.2, -0.15) is 4.31 Å². The summed E-state index contributed by atoms with van der Waals surface area (Å²) in [7, 11) is -4.00. The number of hydrogen-bond acceptors (Lipinski definition) is 4. The molecule has 0 spiro atoms. The van der Waals surface area contributed by atoms with Crippen LogP contribution in [0.4, 0.5) is 0 Å². The third-order valence-electron chi connectivity index (χ3n) is 7.50. The van der Waals surface area contributed by atoms with Gasteiger partial charge in [-0.1, -0.05) is 48.0 Å². The summed E-state index contributed by atoms with van der Waals surface area (Å²) in [5.74, 6) is -0.467. The number of amides is 2. The summed E-state index contributed by atoms with van der Waals surface area (Å²) in [6.07, 6.45) is 4.90. The molecule has 2 N–H and O–H groups in total. The maximum absolute atomic E-state index is 13.7. The second-order valence-electron chi connectivity index (χ2n) is 10.1. The molecule has 204 valence electrons. The van der Waals surface area contributed by atoms with Crippen molar-refractivity contribution in [2.45, 2.75) is 62.0 Å². The molecule has 2 atom stereocenters. The van der Waals surface area contributed by atoms with Crippen LogP contribution in [0.5, 0.6) is 0 Å². The van der Waals surface area contributed by atoms with Gasteiger partial charge in [-0.15, -0.1) is 0 Å². The first-order valence-electron chi connectivity index (χ1n) is 13.4. The van der Waals surface area contributed by atoms with Crippen LogP contribution in [0, 0.1) is 0 Å². The molecular weight excluding hydrogens is 534 g/mol. The number of nitrogens with one attached hydrogen (secondary N) is 2.